The molecule has 29 heavy (non-hydrogen) atoms. The van der Waals surface area contributed by atoms with Crippen LogP contribution in [0.5, 0.6) is 0 Å². The molecule has 1 atom stereocenters. The summed E-state index contributed by atoms with van der Waals surface area (Å²) in [5.74, 6) is 1.04. The lowest BCUT2D eigenvalue weighted by Gasteiger charge is -2.36. The van der Waals surface area contributed by atoms with Gasteiger partial charge in [0.1, 0.15) is 0 Å². The molecule has 0 aliphatic carbocycles. The highest BCUT2D eigenvalue weighted by Gasteiger charge is 2.31. The van der Waals surface area contributed by atoms with Crippen LogP contribution in [0, 0.1) is 6.92 Å². The van der Waals surface area contributed by atoms with Gasteiger partial charge in [-0.3, -0.25) is 4.90 Å². The summed E-state index contributed by atoms with van der Waals surface area (Å²) < 4.78 is 33.0. The molecule has 3 aromatic rings. The van der Waals surface area contributed by atoms with Gasteiger partial charge in [0.05, 0.1) is 10.9 Å². The average molecular weight is 413 g/mol. The molecule has 1 aliphatic rings. The van der Waals surface area contributed by atoms with Crippen LogP contribution in [0.25, 0.3) is 11.5 Å². The Morgan fingerprint density at radius 1 is 0.966 bits per heavy atom. The summed E-state index contributed by atoms with van der Waals surface area (Å²) in [6, 6.07) is 16.4. The van der Waals surface area contributed by atoms with Crippen LogP contribution in [0.15, 0.2) is 63.9 Å². The normalized spacial score (nSPS) is 17.3. The third-order valence-corrected chi connectivity index (χ3v) is 7.18. The molecule has 0 saturated carbocycles. The molecule has 1 aromatic heterocycles. The van der Waals surface area contributed by atoms with Crippen molar-refractivity contribution in [2.75, 3.05) is 26.2 Å². The molecule has 2 heterocycles. The van der Waals surface area contributed by atoms with Gasteiger partial charge in [-0.25, -0.2) is 8.42 Å². The van der Waals surface area contributed by atoms with E-state index in [2.05, 4.69) is 15.1 Å². The van der Waals surface area contributed by atoms with E-state index < -0.39 is 10.0 Å². The van der Waals surface area contributed by atoms with Crippen LogP contribution >= 0.6 is 0 Å². The molecular formula is C21H24N4O3S. The third kappa shape index (κ3) is 4.10. The number of hydrogen-bond donors (Lipinski definition) is 0. The van der Waals surface area contributed by atoms with E-state index in [0.717, 1.165) is 11.1 Å². The lowest BCUT2D eigenvalue weighted by molar-refractivity contribution is 0.129. The topological polar surface area (TPSA) is 79.5 Å². The number of aromatic nitrogens is 2. The number of rotatable bonds is 5. The van der Waals surface area contributed by atoms with Gasteiger partial charge in [0.2, 0.25) is 21.8 Å². The Hall–Kier alpha value is -2.55. The van der Waals surface area contributed by atoms with Crippen molar-refractivity contribution in [2.24, 2.45) is 0 Å². The lowest BCUT2D eigenvalue weighted by Crippen LogP contribution is -2.49. The van der Waals surface area contributed by atoms with Gasteiger partial charge >= 0.3 is 0 Å². The maximum Gasteiger partial charge on any atom is 0.247 e. The van der Waals surface area contributed by atoms with Crippen LogP contribution in [-0.4, -0.2) is 54.0 Å². The van der Waals surface area contributed by atoms with Gasteiger partial charge in [0, 0.05) is 31.7 Å². The Labute approximate surface area is 171 Å². The Kier molecular flexibility index (Phi) is 5.49. The fourth-order valence-electron chi connectivity index (χ4n) is 3.53. The van der Waals surface area contributed by atoms with E-state index >= 15 is 0 Å². The first-order valence-electron chi connectivity index (χ1n) is 9.65. The highest BCUT2D eigenvalue weighted by atomic mass is 32.2. The second-order valence-corrected chi connectivity index (χ2v) is 9.18. The number of benzene rings is 2. The molecule has 1 aliphatic heterocycles. The van der Waals surface area contributed by atoms with Crippen LogP contribution in [-0.2, 0) is 10.0 Å². The van der Waals surface area contributed by atoms with Crippen molar-refractivity contribution in [1.29, 1.82) is 0 Å². The Morgan fingerprint density at radius 2 is 1.69 bits per heavy atom. The van der Waals surface area contributed by atoms with E-state index in [0.29, 0.717) is 42.9 Å². The number of aryl methyl sites for hydroxylation is 1. The van der Waals surface area contributed by atoms with Gasteiger partial charge in [-0.05, 0) is 38.1 Å². The fourth-order valence-corrected chi connectivity index (χ4v) is 4.97. The fraction of sp³-hybridized carbons (Fsp3) is 0.333. The van der Waals surface area contributed by atoms with Gasteiger partial charge in [-0.2, -0.15) is 4.31 Å². The monoisotopic (exact) mass is 412 g/mol. The van der Waals surface area contributed by atoms with E-state index in [-0.39, 0.29) is 6.04 Å². The van der Waals surface area contributed by atoms with Gasteiger partial charge < -0.3 is 4.42 Å². The zero-order valence-electron chi connectivity index (χ0n) is 16.5. The van der Waals surface area contributed by atoms with Crippen LogP contribution in [0.2, 0.25) is 0 Å². The molecule has 0 amide bonds. The molecule has 0 radical (unpaired) electrons. The molecule has 1 fully saturated rings. The molecule has 0 spiro atoms. The van der Waals surface area contributed by atoms with Gasteiger partial charge in [-0.1, -0.05) is 35.9 Å². The minimum atomic E-state index is -3.46. The highest BCUT2D eigenvalue weighted by molar-refractivity contribution is 7.89. The smallest absolute Gasteiger partial charge is 0.247 e. The third-order valence-electron chi connectivity index (χ3n) is 5.26. The number of sulfonamides is 1. The molecule has 1 saturated heterocycles. The first-order chi connectivity index (χ1) is 13.9. The average Bonchev–Trinajstić information content (AvgIpc) is 3.24. The largest absolute Gasteiger partial charge is 0.419 e. The predicted molar refractivity (Wildman–Crippen MR) is 110 cm³/mol. The molecule has 152 valence electrons. The molecule has 7 nitrogen and oxygen atoms in total. The van der Waals surface area contributed by atoms with Crippen LogP contribution in [0.4, 0.5) is 0 Å². The van der Waals surface area contributed by atoms with Crippen LogP contribution < -0.4 is 0 Å². The van der Waals surface area contributed by atoms with Gasteiger partial charge in [-0.15, -0.1) is 10.2 Å². The minimum absolute atomic E-state index is 0.0809. The van der Waals surface area contributed by atoms with Crippen molar-refractivity contribution >= 4 is 10.0 Å². The summed E-state index contributed by atoms with van der Waals surface area (Å²) in [5.41, 5.74) is 2.03. The lowest BCUT2D eigenvalue weighted by atomic mass is 10.1. The molecule has 8 heteroatoms. The highest BCUT2D eigenvalue weighted by Crippen LogP contribution is 2.26. The van der Waals surface area contributed by atoms with E-state index in [1.165, 1.54) is 4.31 Å². The summed E-state index contributed by atoms with van der Waals surface area (Å²) >= 11 is 0. The van der Waals surface area contributed by atoms with Crippen molar-refractivity contribution in [1.82, 2.24) is 19.4 Å². The van der Waals surface area contributed by atoms with E-state index in [9.17, 15) is 8.42 Å². The Morgan fingerprint density at radius 3 is 2.38 bits per heavy atom. The van der Waals surface area contributed by atoms with Crippen molar-refractivity contribution in [3.8, 4) is 11.5 Å². The predicted octanol–water partition coefficient (Wildman–Crippen LogP) is 3.11. The maximum atomic E-state index is 12.8. The summed E-state index contributed by atoms with van der Waals surface area (Å²) in [7, 11) is -3.46. The van der Waals surface area contributed by atoms with E-state index in [1.54, 1.807) is 24.3 Å². The number of piperazine rings is 1. The van der Waals surface area contributed by atoms with Crippen molar-refractivity contribution < 1.29 is 12.8 Å². The van der Waals surface area contributed by atoms with E-state index in [4.69, 9.17) is 4.42 Å². The first kappa shape index (κ1) is 19.8. The van der Waals surface area contributed by atoms with Gasteiger partial charge in [0.25, 0.3) is 0 Å². The first-order valence-corrected chi connectivity index (χ1v) is 11.1. The minimum Gasteiger partial charge on any atom is -0.419 e. The summed E-state index contributed by atoms with van der Waals surface area (Å²) in [4.78, 5) is 2.51. The van der Waals surface area contributed by atoms with Gasteiger partial charge in [0.15, 0.2) is 0 Å². The Bertz CT molecular complexity index is 1070. The van der Waals surface area contributed by atoms with Crippen molar-refractivity contribution in [3.63, 3.8) is 0 Å². The van der Waals surface area contributed by atoms with Crippen molar-refractivity contribution in [2.45, 2.75) is 24.8 Å². The van der Waals surface area contributed by atoms with Crippen LogP contribution in [0.1, 0.15) is 24.4 Å². The second-order valence-electron chi connectivity index (χ2n) is 7.24. The summed E-state index contributed by atoms with van der Waals surface area (Å²) in [6.45, 7) is 6.10. The van der Waals surface area contributed by atoms with Crippen molar-refractivity contribution in [3.05, 3.63) is 66.1 Å². The molecule has 2 aromatic carbocycles. The molecule has 4 rings (SSSR count). The molecule has 0 bridgehead atoms. The molecular weight excluding hydrogens is 388 g/mol. The van der Waals surface area contributed by atoms with E-state index in [1.807, 2.05) is 44.2 Å². The SMILES string of the molecule is Cc1cccc(-c2nnc([C@@H](C)N3CCN(S(=O)(=O)c4ccccc4)CC3)o2)c1. The number of nitrogens with zero attached hydrogens (tertiary/aromatic N) is 4. The molecule has 0 N–H and O–H groups in total. The van der Waals surface area contributed by atoms with Crippen LogP contribution in [0.3, 0.4) is 0 Å². The summed E-state index contributed by atoms with van der Waals surface area (Å²) in [5, 5.41) is 8.41. The quantitative estimate of drug-likeness (QED) is 0.641. The zero-order chi connectivity index (χ0) is 20.4. The Balaban J connectivity index is 1.43. The molecule has 0 unspecified atom stereocenters. The maximum absolute atomic E-state index is 12.8. The standard InChI is InChI=1S/C21H24N4O3S/c1-16-7-6-8-18(15-16)21-23-22-20(28-21)17(2)24-11-13-25(14-12-24)29(26,27)19-9-4-3-5-10-19/h3-10,15,17H,11-14H2,1-2H3/t17-/m1/s1. The summed E-state index contributed by atoms with van der Waals surface area (Å²) in [6.07, 6.45) is 0. The number of hydrogen-bond acceptors (Lipinski definition) is 6. The zero-order valence-corrected chi connectivity index (χ0v) is 17.3. The second kappa shape index (κ2) is 8.06.